The molecule has 7 heteroatoms. The summed E-state index contributed by atoms with van der Waals surface area (Å²) < 4.78 is 6.93. The summed E-state index contributed by atoms with van der Waals surface area (Å²) in [5.74, 6) is 1.04. The Morgan fingerprint density at radius 1 is 1.50 bits per heavy atom. The summed E-state index contributed by atoms with van der Waals surface area (Å²) in [6.07, 6.45) is 2.23. The highest BCUT2D eigenvalue weighted by atomic mass is 32.2. The second kappa shape index (κ2) is 5.62. The Morgan fingerprint density at radius 3 is 3.10 bits per heavy atom. The van der Waals surface area contributed by atoms with Crippen molar-refractivity contribution in [2.45, 2.75) is 24.0 Å². The van der Waals surface area contributed by atoms with Gasteiger partial charge in [-0.25, -0.2) is 4.68 Å². The van der Waals surface area contributed by atoms with Gasteiger partial charge in [0.2, 0.25) is 5.16 Å². The van der Waals surface area contributed by atoms with Crippen LogP contribution in [-0.2, 0) is 0 Å². The van der Waals surface area contributed by atoms with Crippen LogP contribution in [0.4, 0.5) is 0 Å². The zero-order chi connectivity index (χ0) is 13.9. The van der Waals surface area contributed by atoms with Crippen molar-refractivity contribution in [3.8, 4) is 5.75 Å². The molecule has 6 nitrogen and oxygen atoms in total. The van der Waals surface area contributed by atoms with E-state index in [-0.39, 0.29) is 5.78 Å². The summed E-state index contributed by atoms with van der Waals surface area (Å²) in [5.41, 5.74) is 0.641. The number of Topliss-reactive ketones (excluding diaryl/α,β-unsaturated/α-hetero) is 1. The van der Waals surface area contributed by atoms with Crippen molar-refractivity contribution in [1.82, 2.24) is 20.2 Å². The number of carbonyl (C=O) groups is 1. The van der Waals surface area contributed by atoms with E-state index in [4.69, 9.17) is 4.74 Å². The van der Waals surface area contributed by atoms with Crippen LogP contribution >= 0.6 is 11.8 Å². The molecule has 1 aliphatic carbocycles. The molecule has 0 spiro atoms. The number of ether oxygens (including phenoxy) is 1. The normalized spacial score (nSPS) is 14.2. The first-order valence-electron chi connectivity index (χ1n) is 6.36. The monoisotopic (exact) mass is 290 g/mol. The van der Waals surface area contributed by atoms with Crippen molar-refractivity contribution < 1.29 is 9.53 Å². The Hall–Kier alpha value is -1.89. The lowest BCUT2D eigenvalue weighted by atomic mass is 10.1. The minimum atomic E-state index is 0.0410. The molecular weight excluding hydrogens is 276 g/mol. The Kier molecular flexibility index (Phi) is 3.68. The Morgan fingerprint density at radius 2 is 2.35 bits per heavy atom. The second-order valence-corrected chi connectivity index (χ2v) is 5.52. The molecule has 3 rings (SSSR count). The number of methoxy groups -OCH3 is 1. The van der Waals surface area contributed by atoms with Gasteiger partial charge in [-0.3, -0.25) is 4.79 Å². The fourth-order valence-electron chi connectivity index (χ4n) is 1.84. The molecule has 0 saturated heterocycles. The summed E-state index contributed by atoms with van der Waals surface area (Å²) in [6, 6.07) is 7.57. The predicted octanol–water partition coefficient (Wildman–Crippen LogP) is 1.99. The van der Waals surface area contributed by atoms with Crippen molar-refractivity contribution in [1.29, 1.82) is 0 Å². The van der Waals surface area contributed by atoms with Crippen LogP contribution in [-0.4, -0.2) is 38.9 Å². The smallest absolute Gasteiger partial charge is 0.210 e. The quantitative estimate of drug-likeness (QED) is 0.598. The predicted molar refractivity (Wildman–Crippen MR) is 74.1 cm³/mol. The maximum atomic E-state index is 12.2. The average Bonchev–Trinajstić information content (AvgIpc) is 3.23. The minimum Gasteiger partial charge on any atom is -0.497 e. The van der Waals surface area contributed by atoms with Crippen LogP contribution in [0, 0.1) is 0 Å². The van der Waals surface area contributed by atoms with Gasteiger partial charge >= 0.3 is 0 Å². The van der Waals surface area contributed by atoms with E-state index >= 15 is 0 Å². The lowest BCUT2D eigenvalue weighted by Crippen LogP contribution is -2.05. The van der Waals surface area contributed by atoms with E-state index in [0.29, 0.717) is 28.3 Å². The first-order valence-corrected chi connectivity index (χ1v) is 7.34. The molecule has 1 saturated carbocycles. The molecule has 2 aromatic rings. The number of carbonyl (C=O) groups excluding carboxylic acids is 1. The van der Waals surface area contributed by atoms with Gasteiger partial charge in [-0.15, -0.1) is 5.10 Å². The molecule has 0 atom stereocenters. The Balaban J connectivity index is 1.65. The summed E-state index contributed by atoms with van der Waals surface area (Å²) in [4.78, 5) is 12.2. The van der Waals surface area contributed by atoms with E-state index in [9.17, 15) is 4.79 Å². The fourth-order valence-corrected chi connectivity index (χ4v) is 2.68. The first-order chi connectivity index (χ1) is 9.78. The molecule has 0 radical (unpaired) electrons. The van der Waals surface area contributed by atoms with E-state index < -0.39 is 0 Å². The first kappa shape index (κ1) is 13.1. The molecule has 1 fully saturated rings. The van der Waals surface area contributed by atoms with Gasteiger partial charge < -0.3 is 4.74 Å². The molecule has 0 N–H and O–H groups in total. The molecule has 1 aliphatic rings. The van der Waals surface area contributed by atoms with Crippen molar-refractivity contribution in [3.63, 3.8) is 0 Å². The highest BCUT2D eigenvalue weighted by Crippen LogP contribution is 2.36. The van der Waals surface area contributed by atoms with E-state index in [1.165, 1.54) is 11.8 Å². The third-order valence-electron chi connectivity index (χ3n) is 3.08. The minimum absolute atomic E-state index is 0.0410. The zero-order valence-corrected chi connectivity index (χ0v) is 11.8. The second-order valence-electron chi connectivity index (χ2n) is 4.58. The van der Waals surface area contributed by atoms with Gasteiger partial charge in [0.1, 0.15) is 5.75 Å². The number of hydrogen-bond donors (Lipinski definition) is 0. The zero-order valence-electron chi connectivity index (χ0n) is 11.0. The number of tetrazole rings is 1. The molecule has 1 heterocycles. The molecule has 20 heavy (non-hydrogen) atoms. The summed E-state index contributed by atoms with van der Waals surface area (Å²) in [5, 5.41) is 12.3. The number of aromatic nitrogens is 4. The molecular formula is C13H14N4O2S. The highest BCUT2D eigenvalue weighted by molar-refractivity contribution is 7.99. The number of thioether (sulfide) groups is 1. The summed E-state index contributed by atoms with van der Waals surface area (Å²) >= 11 is 1.37. The van der Waals surface area contributed by atoms with Gasteiger partial charge in [-0.2, -0.15) is 0 Å². The van der Waals surface area contributed by atoms with E-state index in [1.54, 1.807) is 19.2 Å². The number of nitrogens with zero attached hydrogens (tertiary/aromatic N) is 4. The van der Waals surface area contributed by atoms with Crippen molar-refractivity contribution in [2.75, 3.05) is 12.9 Å². The average molecular weight is 290 g/mol. The third-order valence-corrected chi connectivity index (χ3v) is 4.01. The van der Waals surface area contributed by atoms with Crippen molar-refractivity contribution in [3.05, 3.63) is 29.8 Å². The van der Waals surface area contributed by atoms with E-state index in [2.05, 4.69) is 15.5 Å². The highest BCUT2D eigenvalue weighted by Gasteiger charge is 2.28. The molecule has 104 valence electrons. The third kappa shape index (κ3) is 2.82. The standard InChI is InChI=1S/C13H14N4O2S/c1-19-11-4-2-3-9(7-11)12(18)8-20-13-14-15-16-17(13)10-5-6-10/h2-4,7,10H,5-6,8H2,1H3. The van der Waals surface area contributed by atoms with Crippen LogP contribution in [0.5, 0.6) is 5.75 Å². The fraction of sp³-hybridized carbons (Fsp3) is 0.385. The van der Waals surface area contributed by atoms with Crippen LogP contribution in [0.3, 0.4) is 0 Å². The van der Waals surface area contributed by atoms with Crippen LogP contribution in [0.1, 0.15) is 29.2 Å². The lowest BCUT2D eigenvalue weighted by Gasteiger charge is -2.04. The lowest BCUT2D eigenvalue weighted by molar-refractivity contribution is 0.102. The number of ketones is 1. The van der Waals surface area contributed by atoms with Gasteiger partial charge in [-0.1, -0.05) is 23.9 Å². The van der Waals surface area contributed by atoms with Gasteiger partial charge in [0, 0.05) is 5.56 Å². The van der Waals surface area contributed by atoms with Gasteiger partial charge in [0.25, 0.3) is 0 Å². The van der Waals surface area contributed by atoms with E-state index in [0.717, 1.165) is 12.8 Å². The number of rotatable bonds is 6. The SMILES string of the molecule is COc1cccc(C(=O)CSc2nnnn2C2CC2)c1. The molecule has 0 aliphatic heterocycles. The van der Waals surface area contributed by atoms with Crippen molar-refractivity contribution >= 4 is 17.5 Å². The van der Waals surface area contributed by atoms with Gasteiger partial charge in [0.15, 0.2) is 5.78 Å². The van der Waals surface area contributed by atoms with Crippen LogP contribution in [0.25, 0.3) is 0 Å². The van der Waals surface area contributed by atoms with Crippen LogP contribution in [0.15, 0.2) is 29.4 Å². The van der Waals surface area contributed by atoms with Crippen LogP contribution in [0.2, 0.25) is 0 Å². The number of hydrogen-bond acceptors (Lipinski definition) is 6. The largest absolute Gasteiger partial charge is 0.497 e. The van der Waals surface area contributed by atoms with Gasteiger partial charge in [-0.05, 0) is 35.4 Å². The molecule has 0 unspecified atom stereocenters. The van der Waals surface area contributed by atoms with E-state index in [1.807, 2.05) is 16.8 Å². The van der Waals surface area contributed by atoms with Crippen LogP contribution < -0.4 is 4.74 Å². The molecule has 0 amide bonds. The molecule has 1 aromatic heterocycles. The van der Waals surface area contributed by atoms with Gasteiger partial charge in [0.05, 0.1) is 18.9 Å². The summed E-state index contributed by atoms with van der Waals surface area (Å²) in [7, 11) is 1.59. The topological polar surface area (TPSA) is 69.9 Å². The molecule has 0 bridgehead atoms. The Bertz CT molecular complexity index is 624. The summed E-state index contributed by atoms with van der Waals surface area (Å²) in [6.45, 7) is 0. The Labute approximate surface area is 120 Å². The molecule has 1 aromatic carbocycles. The number of benzene rings is 1. The maximum absolute atomic E-state index is 12.2. The van der Waals surface area contributed by atoms with Crippen molar-refractivity contribution in [2.24, 2.45) is 0 Å². The maximum Gasteiger partial charge on any atom is 0.210 e.